The summed E-state index contributed by atoms with van der Waals surface area (Å²) in [5, 5.41) is 8.09. The van der Waals surface area contributed by atoms with E-state index in [1.807, 2.05) is 22.8 Å². The summed E-state index contributed by atoms with van der Waals surface area (Å²) in [7, 11) is 0. The highest BCUT2D eigenvalue weighted by atomic mass is 16.1. The van der Waals surface area contributed by atoms with Crippen LogP contribution in [0, 0.1) is 0 Å². The quantitative estimate of drug-likeness (QED) is 0.507. The molecule has 0 fully saturated rings. The van der Waals surface area contributed by atoms with Gasteiger partial charge in [-0.2, -0.15) is 0 Å². The van der Waals surface area contributed by atoms with Crippen LogP contribution in [-0.2, 0) is 13.1 Å². The third-order valence-electron chi connectivity index (χ3n) is 4.45. The van der Waals surface area contributed by atoms with Gasteiger partial charge in [-0.3, -0.25) is 4.57 Å². The van der Waals surface area contributed by atoms with Crippen LogP contribution in [0.1, 0.15) is 31.7 Å². The molecule has 128 valence electrons. The van der Waals surface area contributed by atoms with Gasteiger partial charge in [0.05, 0.1) is 6.33 Å². The molecule has 3 heterocycles. The molecule has 0 radical (unpaired) electrons. The normalized spacial score (nSPS) is 11.6. The van der Waals surface area contributed by atoms with E-state index in [4.69, 9.17) is 0 Å². The molecule has 0 amide bonds. The monoisotopic (exact) mass is 336 g/mol. The van der Waals surface area contributed by atoms with Crippen LogP contribution >= 0.6 is 0 Å². The van der Waals surface area contributed by atoms with Gasteiger partial charge in [-0.25, -0.2) is 14.2 Å². The van der Waals surface area contributed by atoms with Crippen molar-refractivity contribution in [1.29, 1.82) is 0 Å². The Labute approximate surface area is 144 Å². The molecule has 7 heteroatoms. The number of unbranched alkanes of at least 4 members (excludes halogenated alkanes) is 2. The Kier molecular flexibility index (Phi) is 4.05. The average molecular weight is 336 g/mol. The van der Waals surface area contributed by atoms with Crippen molar-refractivity contribution in [3.63, 3.8) is 0 Å². The van der Waals surface area contributed by atoms with E-state index in [1.54, 1.807) is 10.9 Å². The predicted octanol–water partition coefficient (Wildman–Crippen LogP) is 2.48. The topological polar surface area (TPSA) is 70.0 Å². The molecule has 25 heavy (non-hydrogen) atoms. The highest BCUT2D eigenvalue weighted by Gasteiger charge is 2.17. The number of benzene rings is 1. The van der Waals surface area contributed by atoms with Crippen molar-refractivity contribution in [2.24, 2.45) is 0 Å². The van der Waals surface area contributed by atoms with Gasteiger partial charge in [0.15, 0.2) is 11.3 Å². The van der Waals surface area contributed by atoms with Gasteiger partial charge in [-0.05, 0) is 12.0 Å². The van der Waals surface area contributed by atoms with Gasteiger partial charge < -0.3 is 4.57 Å². The van der Waals surface area contributed by atoms with E-state index >= 15 is 0 Å². The summed E-state index contributed by atoms with van der Waals surface area (Å²) >= 11 is 0. The first-order valence-electron chi connectivity index (χ1n) is 8.61. The van der Waals surface area contributed by atoms with Crippen LogP contribution in [0.3, 0.4) is 0 Å². The first kappa shape index (κ1) is 15.6. The molecule has 0 saturated heterocycles. The molecule has 0 saturated carbocycles. The minimum atomic E-state index is -0.131. The summed E-state index contributed by atoms with van der Waals surface area (Å²) in [6.45, 7) is 3.47. The van der Waals surface area contributed by atoms with Crippen molar-refractivity contribution in [3.8, 4) is 0 Å². The smallest absolute Gasteiger partial charge is 0.322 e. The number of rotatable bonds is 6. The number of aromatic nitrogens is 6. The van der Waals surface area contributed by atoms with Gasteiger partial charge in [-0.15, -0.1) is 10.2 Å². The third kappa shape index (κ3) is 2.71. The zero-order valence-electron chi connectivity index (χ0n) is 14.2. The van der Waals surface area contributed by atoms with Crippen LogP contribution in [0.15, 0.2) is 47.8 Å². The van der Waals surface area contributed by atoms with Gasteiger partial charge in [0.2, 0.25) is 0 Å². The molecule has 0 N–H and O–H groups in total. The first-order chi connectivity index (χ1) is 12.3. The molecule has 0 aliphatic rings. The van der Waals surface area contributed by atoms with Crippen LogP contribution in [0.25, 0.3) is 16.8 Å². The fourth-order valence-electron chi connectivity index (χ4n) is 3.18. The molecule has 3 aromatic heterocycles. The molecular weight excluding hydrogens is 316 g/mol. The SMILES string of the molecule is CCCCCn1c(=O)n2cnnc2c2c1ncn2Cc1ccccc1. The zero-order chi connectivity index (χ0) is 17.2. The maximum absolute atomic E-state index is 12.8. The lowest BCUT2D eigenvalue weighted by molar-refractivity contribution is 0.586. The average Bonchev–Trinajstić information content (AvgIpc) is 3.26. The van der Waals surface area contributed by atoms with Crippen LogP contribution in [0.4, 0.5) is 0 Å². The largest absolute Gasteiger partial charge is 0.336 e. The maximum atomic E-state index is 12.8. The Morgan fingerprint density at radius 3 is 2.68 bits per heavy atom. The Morgan fingerprint density at radius 1 is 1.04 bits per heavy atom. The predicted molar refractivity (Wildman–Crippen MR) is 95.6 cm³/mol. The van der Waals surface area contributed by atoms with Crippen LogP contribution in [0.2, 0.25) is 0 Å². The van der Waals surface area contributed by atoms with Crippen molar-refractivity contribution >= 4 is 16.8 Å². The minimum absolute atomic E-state index is 0.131. The number of aryl methyl sites for hydroxylation is 1. The second kappa shape index (κ2) is 6.51. The lowest BCUT2D eigenvalue weighted by Crippen LogP contribution is -2.27. The molecule has 4 rings (SSSR count). The number of nitrogens with zero attached hydrogens (tertiary/aromatic N) is 6. The molecule has 4 aromatic rings. The molecule has 0 aliphatic heterocycles. The molecule has 0 spiro atoms. The van der Waals surface area contributed by atoms with Gasteiger partial charge in [-0.1, -0.05) is 50.1 Å². The summed E-state index contributed by atoms with van der Waals surface area (Å²) in [6, 6.07) is 10.2. The molecule has 0 aliphatic carbocycles. The summed E-state index contributed by atoms with van der Waals surface area (Å²) in [6.07, 6.45) is 6.40. The van der Waals surface area contributed by atoms with E-state index in [0.29, 0.717) is 24.4 Å². The number of hydrogen-bond donors (Lipinski definition) is 0. The third-order valence-corrected chi connectivity index (χ3v) is 4.45. The van der Waals surface area contributed by atoms with Crippen molar-refractivity contribution in [2.45, 2.75) is 39.3 Å². The van der Waals surface area contributed by atoms with Gasteiger partial charge in [0, 0.05) is 13.1 Å². The van der Waals surface area contributed by atoms with Crippen molar-refractivity contribution in [1.82, 2.24) is 28.7 Å². The Bertz CT molecular complexity index is 1060. The summed E-state index contributed by atoms with van der Waals surface area (Å²) < 4.78 is 5.28. The molecule has 0 atom stereocenters. The van der Waals surface area contributed by atoms with Crippen molar-refractivity contribution < 1.29 is 0 Å². The molecule has 7 nitrogen and oxygen atoms in total. The highest BCUT2D eigenvalue weighted by Crippen LogP contribution is 2.18. The van der Waals surface area contributed by atoms with Gasteiger partial charge in [0.25, 0.3) is 0 Å². The summed E-state index contributed by atoms with van der Waals surface area (Å²) in [5.41, 5.74) is 3.12. The van der Waals surface area contributed by atoms with E-state index in [9.17, 15) is 4.79 Å². The second-order valence-corrected chi connectivity index (χ2v) is 6.20. The number of hydrogen-bond acceptors (Lipinski definition) is 4. The van der Waals surface area contributed by atoms with E-state index in [1.165, 1.54) is 16.3 Å². The van der Waals surface area contributed by atoms with Crippen LogP contribution in [0.5, 0.6) is 0 Å². The van der Waals surface area contributed by atoms with Crippen molar-refractivity contribution in [2.75, 3.05) is 0 Å². The number of fused-ring (bicyclic) bond motifs is 3. The molecule has 1 aromatic carbocycles. The fraction of sp³-hybridized carbons (Fsp3) is 0.333. The Balaban J connectivity index is 1.88. The fourth-order valence-corrected chi connectivity index (χ4v) is 3.18. The summed E-state index contributed by atoms with van der Waals surface area (Å²) in [5.74, 6) is 0. The second-order valence-electron chi connectivity index (χ2n) is 6.20. The van der Waals surface area contributed by atoms with Gasteiger partial charge >= 0.3 is 5.69 Å². The first-order valence-corrected chi connectivity index (χ1v) is 8.61. The van der Waals surface area contributed by atoms with Gasteiger partial charge in [0.1, 0.15) is 11.8 Å². The summed E-state index contributed by atoms with van der Waals surface area (Å²) in [4.78, 5) is 17.3. The lowest BCUT2D eigenvalue weighted by atomic mass is 10.2. The van der Waals surface area contributed by atoms with Crippen molar-refractivity contribution in [3.05, 3.63) is 59.0 Å². The molecular formula is C18H20N6O. The zero-order valence-corrected chi connectivity index (χ0v) is 14.2. The molecule has 0 bridgehead atoms. The van der Waals surface area contributed by atoms with E-state index in [2.05, 4.69) is 34.2 Å². The minimum Gasteiger partial charge on any atom is -0.322 e. The van der Waals surface area contributed by atoms with E-state index < -0.39 is 0 Å². The Morgan fingerprint density at radius 2 is 1.88 bits per heavy atom. The molecule has 0 unspecified atom stereocenters. The van der Waals surface area contributed by atoms with E-state index in [-0.39, 0.29) is 5.69 Å². The van der Waals surface area contributed by atoms with Crippen LogP contribution in [-0.4, -0.2) is 28.7 Å². The standard InChI is InChI=1S/C18H20N6O/c1-2-3-7-10-23-16-15(17-21-20-13-24(17)18(23)25)22(12-19-16)11-14-8-5-4-6-9-14/h4-6,8-9,12-13H,2-3,7,10-11H2,1H3. The Hall–Kier alpha value is -2.96. The van der Waals surface area contributed by atoms with Crippen LogP contribution < -0.4 is 5.69 Å². The number of imidazole rings is 1. The maximum Gasteiger partial charge on any atom is 0.336 e. The highest BCUT2D eigenvalue weighted by molar-refractivity contribution is 5.85. The van der Waals surface area contributed by atoms with E-state index in [0.717, 1.165) is 24.8 Å². The lowest BCUT2D eigenvalue weighted by Gasteiger charge is -2.09.